The van der Waals surface area contributed by atoms with Crippen LogP contribution >= 0.6 is 0 Å². The van der Waals surface area contributed by atoms with Gasteiger partial charge in [0, 0.05) is 18.4 Å². The molecule has 3 aromatic rings. The summed E-state index contributed by atoms with van der Waals surface area (Å²) in [6.07, 6.45) is 3.16. The quantitative estimate of drug-likeness (QED) is 0.479. The molecule has 0 N–H and O–H groups in total. The number of nitrogens with zero attached hydrogens (tertiary/aromatic N) is 4. The second kappa shape index (κ2) is 10.3. The minimum absolute atomic E-state index is 0.105. The van der Waals surface area contributed by atoms with Gasteiger partial charge in [0.05, 0.1) is 29.0 Å². The molecule has 0 saturated heterocycles. The van der Waals surface area contributed by atoms with Crippen LogP contribution in [0.3, 0.4) is 0 Å². The van der Waals surface area contributed by atoms with E-state index in [2.05, 4.69) is 30.7 Å². The van der Waals surface area contributed by atoms with E-state index in [1.54, 1.807) is 35.4 Å². The zero-order valence-corrected chi connectivity index (χ0v) is 21.2. The third-order valence-electron chi connectivity index (χ3n) is 5.58. The molecule has 0 spiro atoms. The van der Waals surface area contributed by atoms with Crippen molar-refractivity contribution in [3.05, 3.63) is 83.9 Å². The number of rotatable bonds is 8. The van der Waals surface area contributed by atoms with Crippen LogP contribution < -0.4 is 4.31 Å². The number of aromatic nitrogens is 2. The number of carbonyl (C=O) groups excluding carboxylic acids is 1. The maximum absolute atomic E-state index is 13.7. The molecule has 180 valence electrons. The van der Waals surface area contributed by atoms with Crippen LogP contribution in [0.5, 0.6) is 0 Å². The number of amides is 1. The Balaban J connectivity index is 1.95. The van der Waals surface area contributed by atoms with Crippen LogP contribution in [0.15, 0.2) is 71.9 Å². The van der Waals surface area contributed by atoms with E-state index in [-0.39, 0.29) is 22.8 Å². The normalized spacial score (nSPS) is 11.8. The summed E-state index contributed by atoms with van der Waals surface area (Å²) in [6.45, 7) is 10.3. The fourth-order valence-electron chi connectivity index (χ4n) is 3.46. The summed E-state index contributed by atoms with van der Waals surface area (Å²) in [7, 11) is -4.01. The molecule has 3 rings (SSSR count). The first kappa shape index (κ1) is 25.4. The largest absolute Gasteiger partial charge is 0.336 e. The van der Waals surface area contributed by atoms with Gasteiger partial charge in [-0.25, -0.2) is 8.42 Å². The molecule has 1 aromatic carbocycles. The fourth-order valence-corrected chi connectivity index (χ4v) is 4.86. The number of aryl methyl sites for hydroxylation is 1. The van der Waals surface area contributed by atoms with Crippen molar-refractivity contribution in [2.24, 2.45) is 0 Å². The molecule has 8 heteroatoms. The van der Waals surface area contributed by atoms with Crippen molar-refractivity contribution in [1.82, 2.24) is 14.9 Å². The number of hydrogen-bond acceptors (Lipinski definition) is 5. The van der Waals surface area contributed by atoms with Crippen LogP contribution in [-0.4, -0.2) is 42.3 Å². The first-order valence-electron chi connectivity index (χ1n) is 11.3. The van der Waals surface area contributed by atoms with E-state index in [1.165, 1.54) is 6.20 Å². The predicted octanol–water partition coefficient (Wildman–Crippen LogP) is 4.33. The summed E-state index contributed by atoms with van der Waals surface area (Å²) in [4.78, 5) is 23.5. The highest BCUT2D eigenvalue weighted by Gasteiger charge is 2.29. The number of anilines is 1. The average Bonchev–Trinajstić information content (AvgIpc) is 2.81. The van der Waals surface area contributed by atoms with Gasteiger partial charge >= 0.3 is 0 Å². The van der Waals surface area contributed by atoms with Gasteiger partial charge in [-0.05, 0) is 61.2 Å². The Morgan fingerprint density at radius 2 is 1.68 bits per heavy atom. The molecule has 0 saturated carbocycles. The molecule has 0 aliphatic rings. The highest BCUT2D eigenvalue weighted by Crippen LogP contribution is 2.27. The highest BCUT2D eigenvalue weighted by molar-refractivity contribution is 7.92. The summed E-state index contributed by atoms with van der Waals surface area (Å²) in [6, 6.07) is 15.7. The van der Waals surface area contributed by atoms with Gasteiger partial charge in [0.1, 0.15) is 6.54 Å². The first-order chi connectivity index (χ1) is 16.0. The molecule has 0 aliphatic heterocycles. The minimum Gasteiger partial charge on any atom is -0.336 e. The zero-order valence-electron chi connectivity index (χ0n) is 20.4. The van der Waals surface area contributed by atoms with E-state index in [4.69, 9.17) is 0 Å². The zero-order chi connectivity index (χ0) is 24.9. The molecule has 0 unspecified atom stereocenters. The molecule has 34 heavy (non-hydrogen) atoms. The van der Waals surface area contributed by atoms with Crippen LogP contribution in [-0.2, 0) is 26.8 Å². The lowest BCUT2D eigenvalue weighted by Gasteiger charge is -2.28. The van der Waals surface area contributed by atoms with Gasteiger partial charge < -0.3 is 4.90 Å². The molecule has 0 radical (unpaired) electrons. The summed E-state index contributed by atoms with van der Waals surface area (Å²) in [5.41, 5.74) is 2.76. The number of hydrogen-bond donors (Lipinski definition) is 0. The van der Waals surface area contributed by atoms with E-state index in [1.807, 2.05) is 44.2 Å². The number of benzene rings is 1. The highest BCUT2D eigenvalue weighted by atomic mass is 32.2. The van der Waals surface area contributed by atoms with Gasteiger partial charge in [-0.2, -0.15) is 0 Å². The van der Waals surface area contributed by atoms with Gasteiger partial charge in [-0.1, -0.05) is 39.0 Å². The Bertz CT molecular complexity index is 1200. The molecular formula is C26H32N4O3S. The Morgan fingerprint density at radius 3 is 2.21 bits per heavy atom. The number of pyridine rings is 2. The van der Waals surface area contributed by atoms with Crippen LogP contribution in [0, 0.1) is 6.92 Å². The topological polar surface area (TPSA) is 83.5 Å². The van der Waals surface area contributed by atoms with Gasteiger partial charge in [-0.15, -0.1) is 0 Å². The summed E-state index contributed by atoms with van der Waals surface area (Å²) in [5, 5.41) is 0. The Labute approximate surface area is 202 Å². The van der Waals surface area contributed by atoms with Crippen LogP contribution in [0.25, 0.3) is 0 Å². The van der Waals surface area contributed by atoms with E-state index in [0.717, 1.165) is 21.3 Å². The first-order valence-corrected chi connectivity index (χ1v) is 12.7. The number of carbonyl (C=O) groups is 1. The van der Waals surface area contributed by atoms with Crippen LogP contribution in [0.2, 0.25) is 0 Å². The van der Waals surface area contributed by atoms with E-state index >= 15 is 0 Å². The summed E-state index contributed by atoms with van der Waals surface area (Å²) < 4.78 is 28.5. The molecule has 0 atom stereocenters. The molecule has 7 nitrogen and oxygen atoms in total. The van der Waals surface area contributed by atoms with E-state index in [0.29, 0.717) is 18.8 Å². The van der Waals surface area contributed by atoms with Crippen molar-refractivity contribution in [2.75, 3.05) is 17.4 Å². The van der Waals surface area contributed by atoms with Crippen LogP contribution in [0.4, 0.5) is 5.69 Å². The lowest BCUT2D eigenvalue weighted by Crippen LogP contribution is -2.43. The van der Waals surface area contributed by atoms with Gasteiger partial charge in [-0.3, -0.25) is 19.1 Å². The summed E-state index contributed by atoms with van der Waals surface area (Å²) >= 11 is 0. The Hall–Kier alpha value is -3.26. The number of sulfonamides is 1. The van der Waals surface area contributed by atoms with E-state index < -0.39 is 10.0 Å². The Morgan fingerprint density at radius 1 is 0.971 bits per heavy atom. The van der Waals surface area contributed by atoms with Crippen molar-refractivity contribution in [1.29, 1.82) is 0 Å². The van der Waals surface area contributed by atoms with Crippen molar-refractivity contribution in [2.45, 2.75) is 51.5 Å². The molecule has 2 aromatic heterocycles. The third kappa shape index (κ3) is 5.99. The standard InChI is InChI=1S/C26H32N4O3S/c1-6-29(18-22-9-7-8-16-27-22)25(31)19-30(23-13-10-20(2)28-17-23)34(32,33)24-14-11-21(12-15-24)26(3,4)5/h7-17H,6,18-19H2,1-5H3. The second-order valence-corrected chi connectivity index (χ2v) is 11.0. The summed E-state index contributed by atoms with van der Waals surface area (Å²) in [5.74, 6) is -0.316. The molecule has 2 heterocycles. The lowest BCUT2D eigenvalue weighted by molar-refractivity contribution is -0.130. The molecule has 0 fully saturated rings. The fraction of sp³-hybridized carbons (Fsp3) is 0.346. The number of likely N-dealkylation sites (N-methyl/N-ethyl adjacent to an activating group) is 1. The minimum atomic E-state index is -4.01. The van der Waals surface area contributed by atoms with Gasteiger partial charge in [0.2, 0.25) is 5.91 Å². The molecular weight excluding hydrogens is 448 g/mol. The molecule has 0 bridgehead atoms. The third-order valence-corrected chi connectivity index (χ3v) is 7.37. The Kier molecular flexibility index (Phi) is 7.71. The van der Waals surface area contributed by atoms with E-state index in [9.17, 15) is 13.2 Å². The van der Waals surface area contributed by atoms with Crippen molar-refractivity contribution in [3.63, 3.8) is 0 Å². The SMILES string of the molecule is CCN(Cc1ccccn1)C(=O)CN(c1ccc(C)nc1)S(=O)(=O)c1ccc(C(C)(C)C)cc1. The van der Waals surface area contributed by atoms with Crippen molar-refractivity contribution < 1.29 is 13.2 Å². The molecule has 1 amide bonds. The monoisotopic (exact) mass is 480 g/mol. The maximum atomic E-state index is 13.7. The second-order valence-electron chi connectivity index (χ2n) is 9.17. The lowest BCUT2D eigenvalue weighted by atomic mass is 9.87. The molecule has 0 aliphatic carbocycles. The predicted molar refractivity (Wildman–Crippen MR) is 134 cm³/mol. The van der Waals surface area contributed by atoms with Gasteiger partial charge in [0.15, 0.2) is 0 Å². The maximum Gasteiger partial charge on any atom is 0.264 e. The smallest absolute Gasteiger partial charge is 0.264 e. The average molecular weight is 481 g/mol. The van der Waals surface area contributed by atoms with Crippen molar-refractivity contribution in [3.8, 4) is 0 Å². The van der Waals surface area contributed by atoms with Crippen molar-refractivity contribution >= 4 is 21.6 Å². The van der Waals surface area contributed by atoms with Crippen LogP contribution in [0.1, 0.15) is 44.6 Å². The van der Waals surface area contributed by atoms with Gasteiger partial charge in [0.25, 0.3) is 10.0 Å².